The van der Waals surface area contributed by atoms with Crippen molar-refractivity contribution in [1.29, 1.82) is 0 Å². The summed E-state index contributed by atoms with van der Waals surface area (Å²) < 4.78 is 40.2. The van der Waals surface area contributed by atoms with Crippen LogP contribution in [0, 0.1) is 0 Å². The van der Waals surface area contributed by atoms with Crippen molar-refractivity contribution in [1.82, 2.24) is 14.8 Å². The second-order valence-electron chi connectivity index (χ2n) is 5.84. The van der Waals surface area contributed by atoms with Crippen molar-refractivity contribution in [2.75, 3.05) is 6.54 Å². The topological polar surface area (TPSA) is 71.4 Å². The van der Waals surface area contributed by atoms with Crippen LogP contribution in [0.15, 0.2) is 23.1 Å². The molecule has 2 atom stereocenters. The summed E-state index contributed by atoms with van der Waals surface area (Å²) in [6.45, 7) is 0.861. The summed E-state index contributed by atoms with van der Waals surface area (Å²) >= 11 is 0. The van der Waals surface area contributed by atoms with Crippen LogP contribution in [0.1, 0.15) is 30.1 Å². The number of hydrogen-bond donors (Lipinski definition) is 1. The van der Waals surface area contributed by atoms with Gasteiger partial charge in [-0.3, -0.25) is 14.4 Å². The highest BCUT2D eigenvalue weighted by molar-refractivity contribution is 5.94. The molecule has 6 nitrogen and oxygen atoms in total. The zero-order valence-electron chi connectivity index (χ0n) is 13.3. The smallest absolute Gasteiger partial charge is 0.348 e. The number of pyridine rings is 1. The van der Waals surface area contributed by atoms with Crippen molar-refractivity contribution in [3.8, 4) is 0 Å². The molecule has 1 fully saturated rings. The Balaban J connectivity index is 2.08. The maximum Gasteiger partial charge on any atom is 0.408 e. The van der Waals surface area contributed by atoms with Crippen LogP contribution in [0.5, 0.6) is 0 Å². The van der Waals surface area contributed by atoms with E-state index in [2.05, 4.69) is 5.32 Å². The summed E-state index contributed by atoms with van der Waals surface area (Å²) in [6.07, 6.45) is -3.24. The molecule has 0 aliphatic carbocycles. The van der Waals surface area contributed by atoms with E-state index >= 15 is 0 Å². The standard InChI is InChI=1S/C15H18F3N3O3/c1-9(22)21-8-11(3-4-12(21)15(16,17)18)19-14(24)10-5-6-20(2)13(23)7-10/h5-7,11-12H,3-4,8H2,1-2H3,(H,19,24)/t11-,12+/m1/s1. The second kappa shape index (κ2) is 6.66. The number of aromatic nitrogens is 1. The molecule has 1 aromatic heterocycles. The van der Waals surface area contributed by atoms with Gasteiger partial charge in [-0.05, 0) is 18.9 Å². The SMILES string of the molecule is CC(=O)N1C[C@H](NC(=O)c2ccn(C)c(=O)c2)CC[C@H]1C(F)(F)F. The quantitative estimate of drug-likeness (QED) is 0.871. The van der Waals surface area contributed by atoms with Crippen LogP contribution >= 0.6 is 0 Å². The molecule has 0 spiro atoms. The van der Waals surface area contributed by atoms with Gasteiger partial charge in [-0.2, -0.15) is 13.2 Å². The van der Waals surface area contributed by atoms with Gasteiger partial charge in [0.15, 0.2) is 0 Å². The van der Waals surface area contributed by atoms with Crippen LogP contribution < -0.4 is 10.9 Å². The van der Waals surface area contributed by atoms with E-state index in [9.17, 15) is 27.6 Å². The van der Waals surface area contributed by atoms with Crippen molar-refractivity contribution in [3.05, 3.63) is 34.2 Å². The van der Waals surface area contributed by atoms with Gasteiger partial charge in [-0.25, -0.2) is 0 Å². The number of likely N-dealkylation sites (tertiary alicyclic amines) is 1. The first kappa shape index (κ1) is 18.0. The van der Waals surface area contributed by atoms with Crippen molar-refractivity contribution < 1.29 is 22.8 Å². The van der Waals surface area contributed by atoms with Crippen molar-refractivity contribution in [2.45, 2.75) is 38.0 Å². The molecule has 132 valence electrons. The Morgan fingerprint density at radius 2 is 1.96 bits per heavy atom. The molecule has 0 aromatic carbocycles. The minimum absolute atomic E-state index is 0.102. The molecular weight excluding hydrogens is 327 g/mol. The van der Waals surface area contributed by atoms with Crippen molar-refractivity contribution in [3.63, 3.8) is 0 Å². The van der Waals surface area contributed by atoms with Crippen LogP contribution in [0.25, 0.3) is 0 Å². The molecule has 1 aliphatic rings. The van der Waals surface area contributed by atoms with Crippen LogP contribution in [0.2, 0.25) is 0 Å². The fraction of sp³-hybridized carbons (Fsp3) is 0.533. The van der Waals surface area contributed by atoms with E-state index in [4.69, 9.17) is 0 Å². The average molecular weight is 345 g/mol. The zero-order chi connectivity index (χ0) is 18.1. The first-order chi connectivity index (χ1) is 11.1. The number of piperidine rings is 1. The van der Waals surface area contributed by atoms with Crippen molar-refractivity contribution in [2.24, 2.45) is 7.05 Å². The third kappa shape index (κ3) is 3.95. The van der Waals surface area contributed by atoms with Crippen LogP contribution in [-0.4, -0.2) is 46.1 Å². The molecule has 2 amide bonds. The van der Waals surface area contributed by atoms with E-state index in [0.717, 1.165) is 17.9 Å². The molecule has 2 rings (SSSR count). The van der Waals surface area contributed by atoms with Gasteiger partial charge >= 0.3 is 6.18 Å². The van der Waals surface area contributed by atoms with Crippen molar-refractivity contribution >= 4 is 11.8 Å². The Morgan fingerprint density at radius 3 is 2.50 bits per heavy atom. The molecule has 0 bridgehead atoms. The van der Waals surface area contributed by atoms with Crippen LogP contribution in [-0.2, 0) is 11.8 Å². The predicted molar refractivity (Wildman–Crippen MR) is 79.4 cm³/mol. The number of rotatable bonds is 2. The fourth-order valence-electron chi connectivity index (χ4n) is 2.74. The lowest BCUT2D eigenvalue weighted by atomic mass is 9.97. The summed E-state index contributed by atoms with van der Waals surface area (Å²) in [6, 6.07) is 0.177. The molecule has 9 heteroatoms. The van der Waals surface area contributed by atoms with E-state index in [-0.39, 0.29) is 30.5 Å². The largest absolute Gasteiger partial charge is 0.408 e. The minimum Gasteiger partial charge on any atom is -0.348 e. The van der Waals surface area contributed by atoms with E-state index in [1.54, 1.807) is 0 Å². The molecule has 2 heterocycles. The molecule has 1 aliphatic heterocycles. The third-order valence-electron chi connectivity index (χ3n) is 4.07. The minimum atomic E-state index is -4.49. The van der Waals surface area contributed by atoms with Gasteiger partial charge in [0.05, 0.1) is 0 Å². The lowest BCUT2D eigenvalue weighted by molar-refractivity contribution is -0.196. The summed E-state index contributed by atoms with van der Waals surface area (Å²) in [5, 5.41) is 2.59. The summed E-state index contributed by atoms with van der Waals surface area (Å²) in [7, 11) is 1.53. The normalized spacial score (nSPS) is 21.5. The highest BCUT2D eigenvalue weighted by Crippen LogP contribution is 2.32. The number of carbonyl (C=O) groups is 2. The number of alkyl halides is 3. The fourth-order valence-corrected chi connectivity index (χ4v) is 2.74. The van der Waals surface area contributed by atoms with Gasteiger partial charge in [-0.1, -0.05) is 0 Å². The van der Waals surface area contributed by atoms with Gasteiger partial charge in [0.2, 0.25) is 5.91 Å². The number of amides is 2. The Bertz CT molecular complexity index is 699. The van der Waals surface area contributed by atoms with E-state index in [0.29, 0.717) is 0 Å². The highest BCUT2D eigenvalue weighted by atomic mass is 19.4. The first-order valence-electron chi connectivity index (χ1n) is 7.41. The number of halogens is 3. The Kier molecular flexibility index (Phi) is 5.00. The van der Waals surface area contributed by atoms with Gasteiger partial charge in [-0.15, -0.1) is 0 Å². The summed E-state index contributed by atoms with van der Waals surface area (Å²) in [5.41, 5.74) is -0.237. The van der Waals surface area contributed by atoms with E-state index in [1.807, 2.05) is 0 Å². The molecule has 1 saturated heterocycles. The predicted octanol–water partition coefficient (Wildman–Crippen LogP) is 1.06. The Morgan fingerprint density at radius 1 is 1.29 bits per heavy atom. The van der Waals surface area contributed by atoms with E-state index < -0.39 is 30.1 Å². The van der Waals surface area contributed by atoms with Crippen LogP contribution in [0.3, 0.4) is 0 Å². The lowest BCUT2D eigenvalue weighted by Crippen LogP contribution is -2.57. The Hall–Kier alpha value is -2.32. The second-order valence-corrected chi connectivity index (χ2v) is 5.84. The molecule has 24 heavy (non-hydrogen) atoms. The highest BCUT2D eigenvalue weighted by Gasteiger charge is 2.47. The zero-order valence-corrected chi connectivity index (χ0v) is 13.3. The molecule has 0 radical (unpaired) electrons. The average Bonchev–Trinajstić information content (AvgIpc) is 2.48. The van der Waals surface area contributed by atoms with Gasteiger partial charge in [0.1, 0.15) is 6.04 Å². The molecule has 1 aromatic rings. The number of hydrogen-bond acceptors (Lipinski definition) is 3. The van der Waals surface area contributed by atoms with Gasteiger partial charge < -0.3 is 14.8 Å². The molecule has 1 N–H and O–H groups in total. The monoisotopic (exact) mass is 345 g/mol. The van der Waals surface area contributed by atoms with Gasteiger partial charge in [0.25, 0.3) is 11.5 Å². The third-order valence-corrected chi connectivity index (χ3v) is 4.07. The van der Waals surface area contributed by atoms with E-state index in [1.165, 1.54) is 23.9 Å². The first-order valence-corrected chi connectivity index (χ1v) is 7.41. The summed E-state index contributed by atoms with van der Waals surface area (Å²) in [5.74, 6) is -1.24. The van der Waals surface area contributed by atoms with Crippen LogP contribution in [0.4, 0.5) is 13.2 Å². The number of carbonyl (C=O) groups excluding carboxylic acids is 2. The molecular formula is C15H18F3N3O3. The number of nitrogens with zero attached hydrogens (tertiary/aromatic N) is 2. The lowest BCUT2D eigenvalue weighted by Gasteiger charge is -2.40. The molecule has 0 unspecified atom stereocenters. The maximum atomic E-state index is 13.0. The number of aryl methyl sites for hydroxylation is 1. The molecule has 0 saturated carbocycles. The summed E-state index contributed by atoms with van der Waals surface area (Å²) in [4.78, 5) is 35.9. The Labute approximate surface area is 136 Å². The number of nitrogens with one attached hydrogen (secondary N) is 1. The maximum absolute atomic E-state index is 13.0. The van der Waals surface area contributed by atoms with Gasteiger partial charge in [0, 0.05) is 44.4 Å².